The van der Waals surface area contributed by atoms with Gasteiger partial charge >= 0.3 is 0 Å². The van der Waals surface area contributed by atoms with Crippen molar-refractivity contribution in [1.29, 1.82) is 0 Å². The molecule has 3 heterocycles. The van der Waals surface area contributed by atoms with Crippen LogP contribution in [0.2, 0.25) is 0 Å². The standard InChI is InChI=1S/C18H24N6O2/c1-12-15-8-13(25-2)5-6-16(15)22-18(21-12)23-17-19-10-24(11-20-17)9-14-4-3-7-26-14/h5-6,8,14H,3-4,7,9-11H2,1-2H3,(H2,19,20,21,22,23)/t14-/m1/s1. The first-order chi connectivity index (χ1) is 12.7. The second kappa shape index (κ2) is 7.43. The highest BCUT2D eigenvalue weighted by atomic mass is 16.5. The van der Waals surface area contributed by atoms with Crippen LogP contribution in [0.15, 0.2) is 23.2 Å². The molecule has 0 unspecified atom stereocenters. The lowest BCUT2D eigenvalue weighted by atomic mass is 10.2. The smallest absolute Gasteiger partial charge is 0.230 e. The molecule has 1 atom stereocenters. The molecular formula is C18H24N6O2. The fraction of sp³-hybridized carbons (Fsp3) is 0.500. The van der Waals surface area contributed by atoms with Gasteiger partial charge in [0.05, 0.1) is 37.8 Å². The fourth-order valence-electron chi connectivity index (χ4n) is 3.30. The molecule has 0 radical (unpaired) electrons. The Hall–Kier alpha value is -2.45. The van der Waals surface area contributed by atoms with Crippen molar-refractivity contribution in [3.63, 3.8) is 0 Å². The summed E-state index contributed by atoms with van der Waals surface area (Å²) >= 11 is 0. The molecule has 1 saturated heterocycles. The van der Waals surface area contributed by atoms with Crippen LogP contribution >= 0.6 is 0 Å². The van der Waals surface area contributed by atoms with Crippen molar-refractivity contribution in [3.8, 4) is 5.75 Å². The number of ether oxygens (including phenoxy) is 2. The quantitative estimate of drug-likeness (QED) is 0.863. The van der Waals surface area contributed by atoms with Gasteiger partial charge in [0.2, 0.25) is 11.9 Å². The van der Waals surface area contributed by atoms with Gasteiger partial charge in [-0.2, -0.15) is 0 Å². The van der Waals surface area contributed by atoms with E-state index in [0.717, 1.165) is 55.0 Å². The maximum absolute atomic E-state index is 5.69. The minimum Gasteiger partial charge on any atom is -0.497 e. The Morgan fingerprint density at radius 3 is 3.04 bits per heavy atom. The number of aromatic nitrogens is 2. The number of aryl methyl sites for hydroxylation is 1. The number of nitrogens with zero attached hydrogens (tertiary/aromatic N) is 4. The van der Waals surface area contributed by atoms with Crippen LogP contribution in [0.3, 0.4) is 0 Å². The second-order valence-corrected chi connectivity index (χ2v) is 6.61. The number of methoxy groups -OCH3 is 1. The minimum atomic E-state index is 0.338. The zero-order chi connectivity index (χ0) is 17.9. The fourth-order valence-corrected chi connectivity index (χ4v) is 3.30. The van der Waals surface area contributed by atoms with Gasteiger partial charge in [-0.25, -0.2) is 15.0 Å². The zero-order valence-electron chi connectivity index (χ0n) is 15.2. The van der Waals surface area contributed by atoms with Crippen LogP contribution in [0.4, 0.5) is 5.95 Å². The molecule has 0 saturated carbocycles. The molecule has 2 aliphatic rings. The van der Waals surface area contributed by atoms with E-state index >= 15 is 0 Å². The van der Waals surface area contributed by atoms with Crippen LogP contribution < -0.4 is 15.4 Å². The Labute approximate surface area is 152 Å². The summed E-state index contributed by atoms with van der Waals surface area (Å²) in [6.07, 6.45) is 2.64. The highest BCUT2D eigenvalue weighted by Gasteiger charge is 2.21. The topological polar surface area (TPSA) is 83.9 Å². The normalized spacial score (nSPS) is 20.7. The van der Waals surface area contributed by atoms with E-state index in [1.54, 1.807) is 7.11 Å². The summed E-state index contributed by atoms with van der Waals surface area (Å²) in [5.41, 5.74) is 1.77. The first-order valence-corrected chi connectivity index (χ1v) is 8.93. The molecule has 1 aromatic carbocycles. The lowest BCUT2D eigenvalue weighted by Crippen LogP contribution is -2.48. The maximum atomic E-state index is 5.69. The van der Waals surface area contributed by atoms with Crippen molar-refractivity contribution in [1.82, 2.24) is 20.2 Å². The Balaban J connectivity index is 1.43. The van der Waals surface area contributed by atoms with Gasteiger partial charge in [0.1, 0.15) is 5.75 Å². The Kier molecular flexibility index (Phi) is 4.85. The molecule has 0 amide bonds. The highest BCUT2D eigenvalue weighted by Crippen LogP contribution is 2.22. The third kappa shape index (κ3) is 3.71. The summed E-state index contributed by atoms with van der Waals surface area (Å²) in [6, 6.07) is 5.79. The summed E-state index contributed by atoms with van der Waals surface area (Å²) in [6.45, 7) is 5.13. The maximum Gasteiger partial charge on any atom is 0.230 e. The number of rotatable bonds is 4. The van der Waals surface area contributed by atoms with Crippen molar-refractivity contribution in [3.05, 3.63) is 23.9 Å². The average Bonchev–Trinajstić information content (AvgIpc) is 3.16. The molecule has 2 N–H and O–H groups in total. The SMILES string of the molecule is COc1ccc2nc(NC3=NCN(C[C@H]4CCCO4)CN3)nc(C)c2c1. The molecule has 26 heavy (non-hydrogen) atoms. The Morgan fingerprint density at radius 1 is 1.38 bits per heavy atom. The van der Waals surface area contributed by atoms with Crippen molar-refractivity contribution in [2.75, 3.05) is 38.9 Å². The minimum absolute atomic E-state index is 0.338. The number of anilines is 1. The van der Waals surface area contributed by atoms with E-state index in [4.69, 9.17) is 9.47 Å². The second-order valence-electron chi connectivity index (χ2n) is 6.61. The molecule has 1 fully saturated rings. The van der Waals surface area contributed by atoms with Crippen molar-refractivity contribution in [2.45, 2.75) is 25.9 Å². The highest BCUT2D eigenvalue weighted by molar-refractivity contribution is 5.93. The summed E-state index contributed by atoms with van der Waals surface area (Å²) < 4.78 is 11.0. The predicted molar refractivity (Wildman–Crippen MR) is 100 cm³/mol. The zero-order valence-corrected chi connectivity index (χ0v) is 15.2. The molecule has 4 rings (SSSR count). The molecular weight excluding hydrogens is 332 g/mol. The third-order valence-electron chi connectivity index (χ3n) is 4.71. The van der Waals surface area contributed by atoms with E-state index in [9.17, 15) is 0 Å². The van der Waals surface area contributed by atoms with E-state index in [-0.39, 0.29) is 0 Å². The average molecular weight is 356 g/mol. The number of nitrogens with one attached hydrogen (secondary N) is 2. The third-order valence-corrected chi connectivity index (χ3v) is 4.71. The number of hydrogen-bond acceptors (Lipinski definition) is 8. The van der Waals surface area contributed by atoms with Crippen LogP contribution in [-0.4, -0.2) is 60.5 Å². The molecule has 0 spiro atoms. The summed E-state index contributed by atoms with van der Waals surface area (Å²) in [7, 11) is 1.66. The van der Waals surface area contributed by atoms with Gasteiger partial charge in [-0.3, -0.25) is 10.2 Å². The predicted octanol–water partition coefficient (Wildman–Crippen LogP) is 1.71. The molecule has 1 aromatic heterocycles. The van der Waals surface area contributed by atoms with Crippen LogP contribution in [-0.2, 0) is 4.74 Å². The van der Waals surface area contributed by atoms with Crippen LogP contribution in [0.5, 0.6) is 5.75 Å². The number of guanidine groups is 1. The Morgan fingerprint density at radius 2 is 2.31 bits per heavy atom. The van der Waals surface area contributed by atoms with Gasteiger partial charge in [0, 0.05) is 18.5 Å². The number of fused-ring (bicyclic) bond motifs is 1. The van der Waals surface area contributed by atoms with Crippen LogP contribution in [0, 0.1) is 6.92 Å². The summed E-state index contributed by atoms with van der Waals surface area (Å²) in [4.78, 5) is 15.9. The van der Waals surface area contributed by atoms with E-state index in [1.807, 2.05) is 25.1 Å². The van der Waals surface area contributed by atoms with E-state index < -0.39 is 0 Å². The van der Waals surface area contributed by atoms with Gasteiger partial charge in [0.15, 0.2) is 0 Å². The van der Waals surface area contributed by atoms with E-state index in [0.29, 0.717) is 24.7 Å². The van der Waals surface area contributed by atoms with E-state index in [1.165, 1.54) is 0 Å². The molecule has 138 valence electrons. The molecule has 0 bridgehead atoms. The van der Waals surface area contributed by atoms with Crippen molar-refractivity contribution < 1.29 is 9.47 Å². The largest absolute Gasteiger partial charge is 0.497 e. The van der Waals surface area contributed by atoms with Gasteiger partial charge in [-0.1, -0.05) is 0 Å². The van der Waals surface area contributed by atoms with Crippen LogP contribution in [0.25, 0.3) is 10.9 Å². The van der Waals surface area contributed by atoms with Gasteiger partial charge in [-0.15, -0.1) is 0 Å². The number of hydrogen-bond donors (Lipinski definition) is 2. The van der Waals surface area contributed by atoms with Gasteiger partial charge < -0.3 is 14.8 Å². The molecule has 8 nitrogen and oxygen atoms in total. The Bertz CT molecular complexity index is 819. The van der Waals surface area contributed by atoms with Crippen molar-refractivity contribution in [2.24, 2.45) is 4.99 Å². The summed E-state index contributed by atoms with van der Waals surface area (Å²) in [5, 5.41) is 7.45. The first kappa shape index (κ1) is 17.0. The van der Waals surface area contributed by atoms with Gasteiger partial charge in [0.25, 0.3) is 0 Å². The lowest BCUT2D eigenvalue weighted by molar-refractivity contribution is 0.0715. The van der Waals surface area contributed by atoms with E-state index in [2.05, 4.69) is 30.5 Å². The first-order valence-electron chi connectivity index (χ1n) is 8.93. The molecule has 2 aliphatic heterocycles. The van der Waals surface area contributed by atoms with Crippen LogP contribution in [0.1, 0.15) is 18.5 Å². The molecule has 0 aliphatic carbocycles. The lowest BCUT2D eigenvalue weighted by Gasteiger charge is -2.28. The number of benzene rings is 1. The molecule has 8 heteroatoms. The van der Waals surface area contributed by atoms with Gasteiger partial charge in [-0.05, 0) is 38.0 Å². The number of aliphatic imine (C=N–C) groups is 1. The monoisotopic (exact) mass is 356 g/mol. The van der Waals surface area contributed by atoms with Crippen molar-refractivity contribution >= 4 is 22.8 Å². The molecule has 2 aromatic rings. The summed E-state index contributed by atoms with van der Waals surface area (Å²) in [5.74, 6) is 2.04.